The number of nitrogens with one attached hydrogen (secondary N) is 1. The SMILES string of the molecule is CC(C)Cc1ccc(C(C)NCCCCN)cc1. The Labute approximate surface area is 112 Å². The minimum Gasteiger partial charge on any atom is -0.330 e. The Hall–Kier alpha value is -0.860. The number of hydrogen-bond donors (Lipinski definition) is 2. The van der Waals surface area contributed by atoms with Crippen molar-refractivity contribution in [2.24, 2.45) is 11.7 Å². The van der Waals surface area contributed by atoms with E-state index in [2.05, 4.69) is 50.4 Å². The van der Waals surface area contributed by atoms with E-state index in [0.717, 1.165) is 31.8 Å². The molecule has 0 radical (unpaired) electrons. The highest BCUT2D eigenvalue weighted by atomic mass is 14.9. The summed E-state index contributed by atoms with van der Waals surface area (Å²) in [6.07, 6.45) is 3.43. The lowest BCUT2D eigenvalue weighted by molar-refractivity contribution is 0.548. The van der Waals surface area contributed by atoms with E-state index in [4.69, 9.17) is 5.73 Å². The van der Waals surface area contributed by atoms with Crippen LogP contribution in [0.1, 0.15) is 50.8 Å². The van der Waals surface area contributed by atoms with E-state index in [-0.39, 0.29) is 0 Å². The molecule has 0 fully saturated rings. The minimum atomic E-state index is 0.427. The molecule has 0 heterocycles. The maximum absolute atomic E-state index is 5.49. The Balaban J connectivity index is 2.41. The third-order valence-corrected chi connectivity index (χ3v) is 3.21. The van der Waals surface area contributed by atoms with Gasteiger partial charge >= 0.3 is 0 Å². The Bertz CT molecular complexity index is 316. The lowest BCUT2D eigenvalue weighted by Gasteiger charge is -2.15. The molecule has 1 rings (SSSR count). The van der Waals surface area contributed by atoms with Gasteiger partial charge in [0.15, 0.2) is 0 Å². The number of benzene rings is 1. The summed E-state index contributed by atoms with van der Waals surface area (Å²) in [5, 5.41) is 3.54. The molecule has 1 unspecified atom stereocenters. The topological polar surface area (TPSA) is 38.0 Å². The Morgan fingerprint density at radius 3 is 2.28 bits per heavy atom. The highest BCUT2D eigenvalue weighted by molar-refractivity contribution is 5.25. The van der Waals surface area contributed by atoms with Gasteiger partial charge < -0.3 is 11.1 Å². The van der Waals surface area contributed by atoms with Gasteiger partial charge in [0.05, 0.1) is 0 Å². The Morgan fingerprint density at radius 1 is 1.06 bits per heavy atom. The Kier molecular flexibility index (Phi) is 6.99. The van der Waals surface area contributed by atoms with Crippen LogP contribution in [0.3, 0.4) is 0 Å². The third kappa shape index (κ3) is 5.65. The molecule has 1 aromatic carbocycles. The zero-order chi connectivity index (χ0) is 13.4. The normalized spacial score (nSPS) is 12.9. The lowest BCUT2D eigenvalue weighted by atomic mass is 10.00. The molecule has 0 aliphatic heterocycles. The highest BCUT2D eigenvalue weighted by Gasteiger charge is 2.04. The average molecular weight is 248 g/mol. The van der Waals surface area contributed by atoms with Gasteiger partial charge in [-0.3, -0.25) is 0 Å². The molecule has 0 spiro atoms. The standard InChI is InChI=1S/C16H28N2/c1-13(2)12-15-6-8-16(9-7-15)14(3)18-11-5-4-10-17/h6-9,13-14,18H,4-5,10-12,17H2,1-3H3. The average Bonchev–Trinajstić information content (AvgIpc) is 2.34. The molecule has 0 aromatic heterocycles. The van der Waals surface area contributed by atoms with Crippen molar-refractivity contribution in [1.82, 2.24) is 5.32 Å². The number of rotatable bonds is 8. The molecule has 1 atom stereocenters. The number of hydrogen-bond acceptors (Lipinski definition) is 2. The largest absolute Gasteiger partial charge is 0.330 e. The maximum Gasteiger partial charge on any atom is 0.0291 e. The molecule has 0 aliphatic carbocycles. The van der Waals surface area contributed by atoms with Crippen LogP contribution in [-0.2, 0) is 6.42 Å². The molecule has 3 N–H and O–H groups in total. The van der Waals surface area contributed by atoms with Gasteiger partial charge in [-0.2, -0.15) is 0 Å². The molecule has 102 valence electrons. The van der Waals surface area contributed by atoms with Crippen LogP contribution in [0.4, 0.5) is 0 Å². The van der Waals surface area contributed by atoms with Gasteiger partial charge in [-0.25, -0.2) is 0 Å². The fourth-order valence-corrected chi connectivity index (χ4v) is 2.12. The molecule has 18 heavy (non-hydrogen) atoms. The predicted molar refractivity (Wildman–Crippen MR) is 79.7 cm³/mol. The molecule has 0 saturated heterocycles. The van der Waals surface area contributed by atoms with E-state index in [1.54, 1.807) is 0 Å². The second kappa shape index (κ2) is 8.28. The van der Waals surface area contributed by atoms with Crippen molar-refractivity contribution in [3.8, 4) is 0 Å². The van der Waals surface area contributed by atoms with Crippen LogP contribution in [0, 0.1) is 5.92 Å². The van der Waals surface area contributed by atoms with Crippen LogP contribution in [-0.4, -0.2) is 13.1 Å². The van der Waals surface area contributed by atoms with Gasteiger partial charge in [-0.1, -0.05) is 38.1 Å². The first kappa shape index (κ1) is 15.2. The molecule has 2 heteroatoms. The smallest absolute Gasteiger partial charge is 0.0291 e. The quantitative estimate of drug-likeness (QED) is 0.693. The van der Waals surface area contributed by atoms with E-state index < -0.39 is 0 Å². The molecule has 0 saturated carbocycles. The van der Waals surface area contributed by atoms with Gasteiger partial charge in [-0.15, -0.1) is 0 Å². The van der Waals surface area contributed by atoms with E-state index in [9.17, 15) is 0 Å². The van der Waals surface area contributed by atoms with Crippen molar-refractivity contribution >= 4 is 0 Å². The van der Waals surface area contributed by atoms with Crippen molar-refractivity contribution in [2.75, 3.05) is 13.1 Å². The fraction of sp³-hybridized carbons (Fsp3) is 0.625. The van der Waals surface area contributed by atoms with Crippen LogP contribution < -0.4 is 11.1 Å². The summed E-state index contributed by atoms with van der Waals surface area (Å²) in [5.74, 6) is 0.725. The monoisotopic (exact) mass is 248 g/mol. The van der Waals surface area contributed by atoms with E-state index in [0.29, 0.717) is 6.04 Å². The summed E-state index contributed by atoms with van der Waals surface area (Å²) in [5.41, 5.74) is 8.29. The van der Waals surface area contributed by atoms with Gasteiger partial charge in [0, 0.05) is 6.04 Å². The molecular weight excluding hydrogens is 220 g/mol. The number of unbranched alkanes of at least 4 members (excludes halogenated alkanes) is 1. The Morgan fingerprint density at radius 2 is 1.72 bits per heavy atom. The first-order valence-corrected chi connectivity index (χ1v) is 7.15. The van der Waals surface area contributed by atoms with Crippen molar-refractivity contribution in [1.29, 1.82) is 0 Å². The third-order valence-electron chi connectivity index (χ3n) is 3.21. The summed E-state index contributed by atoms with van der Waals surface area (Å²) >= 11 is 0. The van der Waals surface area contributed by atoms with E-state index in [1.165, 1.54) is 17.5 Å². The van der Waals surface area contributed by atoms with Gasteiger partial charge in [0.2, 0.25) is 0 Å². The van der Waals surface area contributed by atoms with E-state index >= 15 is 0 Å². The number of nitrogens with two attached hydrogens (primary N) is 1. The summed E-state index contributed by atoms with van der Waals surface area (Å²) in [7, 11) is 0. The van der Waals surface area contributed by atoms with Crippen LogP contribution in [0.5, 0.6) is 0 Å². The van der Waals surface area contributed by atoms with Crippen LogP contribution in [0.2, 0.25) is 0 Å². The molecule has 0 bridgehead atoms. The second-order valence-corrected chi connectivity index (χ2v) is 5.51. The minimum absolute atomic E-state index is 0.427. The van der Waals surface area contributed by atoms with Gasteiger partial charge in [0.1, 0.15) is 0 Å². The van der Waals surface area contributed by atoms with Crippen LogP contribution >= 0.6 is 0 Å². The first-order valence-electron chi connectivity index (χ1n) is 7.15. The summed E-state index contributed by atoms with van der Waals surface area (Å²) < 4.78 is 0. The van der Waals surface area contributed by atoms with Crippen LogP contribution in [0.15, 0.2) is 24.3 Å². The van der Waals surface area contributed by atoms with Crippen molar-refractivity contribution in [2.45, 2.75) is 46.1 Å². The predicted octanol–water partition coefficient (Wildman–Crippen LogP) is 3.27. The molecular formula is C16H28N2. The van der Waals surface area contributed by atoms with E-state index in [1.807, 2.05) is 0 Å². The lowest BCUT2D eigenvalue weighted by Crippen LogP contribution is -2.20. The summed E-state index contributed by atoms with van der Waals surface area (Å²) in [6, 6.07) is 9.44. The molecule has 0 amide bonds. The maximum atomic E-state index is 5.49. The summed E-state index contributed by atoms with van der Waals surface area (Å²) in [4.78, 5) is 0. The first-order chi connectivity index (χ1) is 8.63. The van der Waals surface area contributed by atoms with Crippen molar-refractivity contribution in [3.63, 3.8) is 0 Å². The van der Waals surface area contributed by atoms with Crippen molar-refractivity contribution in [3.05, 3.63) is 35.4 Å². The zero-order valence-corrected chi connectivity index (χ0v) is 12.1. The summed E-state index contributed by atoms with van der Waals surface area (Å²) in [6.45, 7) is 8.58. The van der Waals surface area contributed by atoms with Gasteiger partial charge in [0.25, 0.3) is 0 Å². The van der Waals surface area contributed by atoms with Crippen LogP contribution in [0.25, 0.3) is 0 Å². The molecule has 2 nitrogen and oxygen atoms in total. The zero-order valence-electron chi connectivity index (χ0n) is 12.1. The molecule has 1 aromatic rings. The molecule has 0 aliphatic rings. The fourth-order valence-electron chi connectivity index (χ4n) is 2.12. The van der Waals surface area contributed by atoms with Crippen molar-refractivity contribution < 1.29 is 0 Å². The highest BCUT2D eigenvalue weighted by Crippen LogP contribution is 2.15. The van der Waals surface area contributed by atoms with Gasteiger partial charge in [-0.05, 0) is 56.3 Å². The second-order valence-electron chi connectivity index (χ2n) is 5.51.